The molecular weight excluding hydrogens is 230 g/mol. The molecule has 1 saturated carbocycles. The number of phenols is 1. The molecule has 0 saturated heterocycles. The van der Waals surface area contributed by atoms with E-state index in [-0.39, 0.29) is 11.7 Å². The Morgan fingerprint density at radius 1 is 1.38 bits per heavy atom. The minimum atomic E-state index is -0.720. The maximum atomic E-state index is 9.59. The van der Waals surface area contributed by atoms with E-state index in [0.717, 1.165) is 5.56 Å². The zero-order valence-electron chi connectivity index (χ0n) is 6.60. The third-order valence-electron chi connectivity index (χ3n) is 2.22. The number of aromatic hydroxyl groups is 1. The summed E-state index contributed by atoms with van der Waals surface area (Å²) in [6.45, 7) is 0. The third-order valence-corrected chi connectivity index (χ3v) is 3.36. The van der Waals surface area contributed by atoms with Crippen molar-refractivity contribution in [1.82, 2.24) is 0 Å². The molecule has 1 aromatic rings. The summed E-state index contributed by atoms with van der Waals surface area (Å²) >= 11 is 17.5. The van der Waals surface area contributed by atoms with Crippen LogP contribution in [0, 0.1) is 0 Å². The number of benzene rings is 1. The Balaban J connectivity index is 2.38. The summed E-state index contributed by atoms with van der Waals surface area (Å²) in [6, 6.07) is 5.20. The molecule has 1 aromatic carbocycles. The summed E-state index contributed by atoms with van der Waals surface area (Å²) in [7, 11) is 0. The van der Waals surface area contributed by atoms with Crippen molar-refractivity contribution in [3.8, 4) is 5.75 Å². The molecule has 1 unspecified atom stereocenters. The Kier molecular flexibility index (Phi) is 2.14. The van der Waals surface area contributed by atoms with Gasteiger partial charge in [-0.3, -0.25) is 0 Å². The van der Waals surface area contributed by atoms with Gasteiger partial charge in [-0.05, 0) is 12.5 Å². The molecule has 0 amide bonds. The lowest BCUT2D eigenvalue weighted by molar-refractivity contribution is 0.468. The van der Waals surface area contributed by atoms with Crippen molar-refractivity contribution < 1.29 is 5.11 Å². The van der Waals surface area contributed by atoms with Crippen LogP contribution < -0.4 is 0 Å². The highest BCUT2D eigenvalue weighted by atomic mass is 35.5. The van der Waals surface area contributed by atoms with Crippen LogP contribution in [0.25, 0.3) is 0 Å². The minimum Gasteiger partial charge on any atom is -0.506 e. The smallest absolute Gasteiger partial charge is 0.137 e. The Labute approximate surface area is 91.2 Å². The van der Waals surface area contributed by atoms with E-state index in [4.69, 9.17) is 34.8 Å². The first-order valence-electron chi connectivity index (χ1n) is 3.87. The van der Waals surface area contributed by atoms with Crippen molar-refractivity contribution >= 4 is 34.8 Å². The normalized spacial score (nSPS) is 24.4. The molecule has 1 atom stereocenters. The van der Waals surface area contributed by atoms with Crippen molar-refractivity contribution in [2.24, 2.45) is 0 Å². The van der Waals surface area contributed by atoms with Crippen LogP contribution in [0.4, 0.5) is 0 Å². The van der Waals surface area contributed by atoms with Crippen molar-refractivity contribution in [3.63, 3.8) is 0 Å². The van der Waals surface area contributed by atoms with E-state index in [2.05, 4.69) is 0 Å². The third kappa shape index (κ3) is 1.61. The van der Waals surface area contributed by atoms with Gasteiger partial charge in [-0.25, -0.2) is 0 Å². The maximum absolute atomic E-state index is 9.59. The van der Waals surface area contributed by atoms with E-state index >= 15 is 0 Å². The predicted octanol–water partition coefficient (Wildman–Crippen LogP) is 3.71. The second-order valence-corrected chi connectivity index (χ2v) is 5.14. The molecule has 1 nitrogen and oxygen atoms in total. The number of phenolic OH excluding ortho intramolecular Hbond substituents is 1. The molecule has 70 valence electrons. The van der Waals surface area contributed by atoms with E-state index in [0.29, 0.717) is 11.4 Å². The number of hydrogen-bond acceptors (Lipinski definition) is 1. The van der Waals surface area contributed by atoms with Gasteiger partial charge < -0.3 is 5.11 Å². The molecular formula is C9H7Cl3O. The summed E-state index contributed by atoms with van der Waals surface area (Å²) in [5, 5.41) is 9.93. The van der Waals surface area contributed by atoms with Crippen LogP contribution in [0.3, 0.4) is 0 Å². The number of hydrogen-bond donors (Lipinski definition) is 1. The highest BCUT2D eigenvalue weighted by Gasteiger charge is 2.53. The zero-order valence-corrected chi connectivity index (χ0v) is 8.87. The Bertz CT molecular complexity index is 349. The second-order valence-electron chi connectivity index (χ2n) is 3.20. The molecule has 0 radical (unpaired) electrons. The molecule has 1 N–H and O–H groups in total. The van der Waals surface area contributed by atoms with Crippen molar-refractivity contribution in [2.75, 3.05) is 0 Å². The largest absolute Gasteiger partial charge is 0.506 e. The lowest BCUT2D eigenvalue weighted by Gasteiger charge is -2.05. The van der Waals surface area contributed by atoms with Gasteiger partial charge in [-0.2, -0.15) is 0 Å². The topological polar surface area (TPSA) is 20.2 Å². The quantitative estimate of drug-likeness (QED) is 0.738. The van der Waals surface area contributed by atoms with Gasteiger partial charge in [0, 0.05) is 11.5 Å². The lowest BCUT2D eigenvalue weighted by Crippen LogP contribution is -1.90. The monoisotopic (exact) mass is 236 g/mol. The maximum Gasteiger partial charge on any atom is 0.137 e. The van der Waals surface area contributed by atoms with Gasteiger partial charge in [0.05, 0.1) is 5.02 Å². The first-order chi connectivity index (χ1) is 6.02. The first-order valence-corrected chi connectivity index (χ1v) is 5.01. The zero-order chi connectivity index (χ0) is 9.64. The summed E-state index contributed by atoms with van der Waals surface area (Å²) in [5.41, 5.74) is 0.734. The molecule has 0 heterocycles. The van der Waals surface area contributed by atoms with E-state index in [1.54, 1.807) is 18.2 Å². The number of halogens is 3. The van der Waals surface area contributed by atoms with Gasteiger partial charge >= 0.3 is 0 Å². The molecule has 1 aliphatic rings. The molecule has 0 bridgehead atoms. The van der Waals surface area contributed by atoms with Crippen LogP contribution >= 0.6 is 34.8 Å². The highest BCUT2D eigenvalue weighted by molar-refractivity contribution is 6.51. The number of rotatable bonds is 1. The number of para-hydroxylation sites is 1. The molecule has 2 rings (SSSR count). The van der Waals surface area contributed by atoms with Crippen LogP contribution in [0.1, 0.15) is 17.9 Å². The SMILES string of the molecule is Oc1c(Cl)cccc1C1CC1(Cl)Cl. The van der Waals surface area contributed by atoms with Gasteiger partial charge in [0.25, 0.3) is 0 Å². The summed E-state index contributed by atoms with van der Waals surface area (Å²) in [4.78, 5) is 0. The van der Waals surface area contributed by atoms with E-state index in [1.807, 2.05) is 0 Å². The van der Waals surface area contributed by atoms with E-state index < -0.39 is 4.33 Å². The van der Waals surface area contributed by atoms with Crippen LogP contribution in [-0.4, -0.2) is 9.44 Å². The molecule has 13 heavy (non-hydrogen) atoms. The van der Waals surface area contributed by atoms with Crippen LogP contribution in [-0.2, 0) is 0 Å². The molecule has 4 heteroatoms. The minimum absolute atomic E-state index is 0.00883. The van der Waals surface area contributed by atoms with Crippen molar-refractivity contribution in [3.05, 3.63) is 28.8 Å². The summed E-state index contributed by atoms with van der Waals surface area (Å²) in [6.07, 6.45) is 0.671. The molecule has 0 spiro atoms. The van der Waals surface area contributed by atoms with Gasteiger partial charge in [0.2, 0.25) is 0 Å². The average molecular weight is 238 g/mol. The molecule has 0 aliphatic heterocycles. The highest BCUT2D eigenvalue weighted by Crippen LogP contribution is 2.61. The second kappa shape index (κ2) is 2.94. The van der Waals surface area contributed by atoms with Crippen LogP contribution in [0.5, 0.6) is 5.75 Å². The number of alkyl halides is 2. The standard InChI is InChI=1S/C9H7Cl3O/c10-7-3-1-2-5(8(7)13)6-4-9(6,11)12/h1-3,6,13H,4H2. The van der Waals surface area contributed by atoms with Gasteiger partial charge in [0.1, 0.15) is 10.1 Å². The van der Waals surface area contributed by atoms with Crippen molar-refractivity contribution in [2.45, 2.75) is 16.7 Å². The fourth-order valence-corrected chi connectivity index (χ4v) is 2.09. The van der Waals surface area contributed by atoms with Crippen LogP contribution in [0.2, 0.25) is 5.02 Å². The van der Waals surface area contributed by atoms with Gasteiger partial charge in [0.15, 0.2) is 0 Å². The molecule has 0 aromatic heterocycles. The Hall–Kier alpha value is -0.110. The fourth-order valence-electron chi connectivity index (χ4n) is 1.36. The summed E-state index contributed by atoms with van der Waals surface area (Å²) in [5.74, 6) is 0.104. The molecule has 1 aliphatic carbocycles. The van der Waals surface area contributed by atoms with E-state index in [9.17, 15) is 5.11 Å². The average Bonchev–Trinajstić information content (AvgIpc) is 2.66. The van der Waals surface area contributed by atoms with E-state index in [1.165, 1.54) is 0 Å². The van der Waals surface area contributed by atoms with Gasteiger partial charge in [-0.1, -0.05) is 23.7 Å². The first kappa shape index (κ1) is 9.45. The van der Waals surface area contributed by atoms with Crippen molar-refractivity contribution in [1.29, 1.82) is 0 Å². The Morgan fingerprint density at radius 2 is 2.00 bits per heavy atom. The molecule has 1 fully saturated rings. The van der Waals surface area contributed by atoms with Crippen LogP contribution in [0.15, 0.2) is 18.2 Å². The lowest BCUT2D eigenvalue weighted by atomic mass is 10.1. The Morgan fingerprint density at radius 3 is 2.54 bits per heavy atom. The fraction of sp³-hybridized carbons (Fsp3) is 0.333. The van der Waals surface area contributed by atoms with Gasteiger partial charge in [-0.15, -0.1) is 23.2 Å². The predicted molar refractivity (Wildman–Crippen MR) is 54.9 cm³/mol. The summed E-state index contributed by atoms with van der Waals surface area (Å²) < 4.78 is -0.720.